The number of rotatable bonds is 10. The van der Waals surface area contributed by atoms with Gasteiger partial charge in [0.15, 0.2) is 0 Å². The number of hydrogen-bond donors (Lipinski definition) is 2. The van der Waals surface area contributed by atoms with Crippen molar-refractivity contribution in [3.63, 3.8) is 0 Å². The summed E-state index contributed by atoms with van der Waals surface area (Å²) in [5, 5.41) is 12.4. The fourth-order valence-electron chi connectivity index (χ4n) is 6.75. The number of nitrogens with zero attached hydrogens (tertiary/aromatic N) is 2. The van der Waals surface area contributed by atoms with Crippen LogP contribution in [0.4, 0.5) is 10.3 Å². The van der Waals surface area contributed by atoms with Crippen LogP contribution in [-0.2, 0) is 15.8 Å². The molecule has 7 nitrogen and oxygen atoms in total. The van der Waals surface area contributed by atoms with Crippen molar-refractivity contribution < 1.29 is 23.5 Å². The van der Waals surface area contributed by atoms with Crippen LogP contribution in [0.3, 0.4) is 0 Å². The predicted octanol–water partition coefficient (Wildman–Crippen LogP) is 7.94. The van der Waals surface area contributed by atoms with Gasteiger partial charge in [-0.05, 0) is 84.3 Å². The first-order valence-electron chi connectivity index (χ1n) is 14.4. The third kappa shape index (κ3) is 6.00. The van der Waals surface area contributed by atoms with E-state index in [9.17, 15) is 19.1 Å². The molecular formula is C31H42FN3O4Si. The molecule has 0 radical (unpaired) electrons. The Labute approximate surface area is 237 Å². The number of benzene rings is 2. The molecule has 1 fully saturated rings. The Morgan fingerprint density at radius 1 is 1.00 bits per heavy atom. The van der Waals surface area contributed by atoms with Gasteiger partial charge in [-0.2, -0.15) is 0 Å². The summed E-state index contributed by atoms with van der Waals surface area (Å²) < 4.78 is 22.3. The van der Waals surface area contributed by atoms with Gasteiger partial charge in [-0.25, -0.2) is 9.37 Å². The van der Waals surface area contributed by atoms with Gasteiger partial charge in [0.2, 0.25) is 14.3 Å². The number of amides is 1. The van der Waals surface area contributed by atoms with Crippen molar-refractivity contribution in [3.8, 4) is 0 Å². The maximum Gasteiger partial charge on any atom is 0.306 e. The van der Waals surface area contributed by atoms with Gasteiger partial charge in [0, 0.05) is 11.6 Å². The minimum Gasteiger partial charge on any atom is -0.481 e. The van der Waals surface area contributed by atoms with E-state index in [-0.39, 0.29) is 17.9 Å². The van der Waals surface area contributed by atoms with E-state index in [1.807, 2.05) is 12.1 Å². The summed E-state index contributed by atoms with van der Waals surface area (Å²) in [6, 6.07) is 11.5. The van der Waals surface area contributed by atoms with E-state index in [1.54, 1.807) is 0 Å². The molecule has 0 aliphatic heterocycles. The number of carboxylic acid groups (broad SMARTS) is 1. The van der Waals surface area contributed by atoms with Crippen molar-refractivity contribution in [2.45, 2.75) is 96.5 Å². The van der Waals surface area contributed by atoms with E-state index in [0.29, 0.717) is 60.4 Å². The van der Waals surface area contributed by atoms with Crippen molar-refractivity contribution in [1.82, 2.24) is 9.55 Å². The molecule has 1 aromatic heterocycles. The Morgan fingerprint density at radius 3 is 2.15 bits per heavy atom. The first kappa shape index (κ1) is 29.9. The number of halogens is 1. The molecular weight excluding hydrogens is 525 g/mol. The number of carbonyl (C=O) groups excluding carboxylic acids is 1. The average Bonchev–Trinajstić information content (AvgIpc) is 3.25. The largest absolute Gasteiger partial charge is 0.481 e. The number of aliphatic carboxylic acids is 1. The topological polar surface area (TPSA) is 93.5 Å². The van der Waals surface area contributed by atoms with E-state index in [0.717, 1.165) is 16.6 Å². The predicted molar refractivity (Wildman–Crippen MR) is 159 cm³/mol. The molecule has 2 N–H and O–H groups in total. The zero-order chi connectivity index (χ0) is 29.2. The second kappa shape index (κ2) is 12.2. The van der Waals surface area contributed by atoms with Crippen molar-refractivity contribution in [2.24, 2.45) is 5.92 Å². The van der Waals surface area contributed by atoms with Crippen molar-refractivity contribution in [3.05, 3.63) is 59.4 Å². The molecule has 0 atom stereocenters. The number of nitrogens with one attached hydrogen (secondary N) is 1. The molecule has 0 saturated heterocycles. The molecule has 1 amide bonds. The van der Waals surface area contributed by atoms with Crippen molar-refractivity contribution >= 4 is 37.2 Å². The van der Waals surface area contributed by atoms with Gasteiger partial charge in [0.05, 0.1) is 23.6 Å². The Kier molecular flexibility index (Phi) is 9.15. The maximum atomic E-state index is 13.4. The van der Waals surface area contributed by atoms with Gasteiger partial charge in [0.1, 0.15) is 5.82 Å². The van der Waals surface area contributed by atoms with E-state index < -0.39 is 20.1 Å². The van der Waals surface area contributed by atoms with Crippen LogP contribution < -0.4 is 5.32 Å². The molecule has 1 heterocycles. The summed E-state index contributed by atoms with van der Waals surface area (Å²) in [5.41, 5.74) is 4.43. The number of hydrogen-bond acceptors (Lipinski definition) is 4. The Morgan fingerprint density at radius 2 is 1.60 bits per heavy atom. The lowest BCUT2D eigenvalue weighted by atomic mass is 9.86. The third-order valence-corrected chi connectivity index (χ3v) is 14.8. The molecule has 1 aliphatic rings. The first-order valence-corrected chi connectivity index (χ1v) is 16.5. The van der Waals surface area contributed by atoms with Crippen LogP contribution in [0.2, 0.25) is 16.6 Å². The van der Waals surface area contributed by atoms with Crippen molar-refractivity contribution in [1.29, 1.82) is 0 Å². The highest BCUT2D eigenvalue weighted by molar-refractivity contribution is 6.77. The second-order valence-corrected chi connectivity index (χ2v) is 17.5. The van der Waals surface area contributed by atoms with Gasteiger partial charge in [0.25, 0.3) is 5.91 Å². The molecule has 9 heteroatoms. The van der Waals surface area contributed by atoms with Crippen LogP contribution in [0.5, 0.6) is 0 Å². The van der Waals surface area contributed by atoms with Crippen LogP contribution >= 0.6 is 0 Å². The Balaban J connectivity index is 1.69. The van der Waals surface area contributed by atoms with Gasteiger partial charge in [-0.3, -0.25) is 14.9 Å². The lowest BCUT2D eigenvalue weighted by Gasteiger charge is -2.42. The SMILES string of the molecule is CC(C)[Si](OCc1ccc2nc(NC(=O)c3ccc(F)cc3)n(C3CCC(C(=O)O)CC3)c2c1)(C(C)C)C(C)C. The summed E-state index contributed by atoms with van der Waals surface area (Å²) in [4.78, 5) is 29.4. The molecule has 2 aromatic carbocycles. The fourth-order valence-corrected chi connectivity index (χ4v) is 12.2. The Hall–Kier alpha value is -3.04. The second-order valence-electron chi connectivity index (χ2n) is 12.0. The smallest absolute Gasteiger partial charge is 0.306 e. The number of carbonyl (C=O) groups is 2. The summed E-state index contributed by atoms with van der Waals surface area (Å²) in [5.74, 6) is -1.48. The van der Waals surface area contributed by atoms with E-state index in [1.165, 1.54) is 24.3 Å². The van der Waals surface area contributed by atoms with E-state index >= 15 is 0 Å². The average molecular weight is 568 g/mol. The van der Waals surface area contributed by atoms with E-state index in [2.05, 4.69) is 57.5 Å². The minimum atomic E-state index is -2.06. The van der Waals surface area contributed by atoms with Crippen molar-refractivity contribution in [2.75, 3.05) is 5.32 Å². The molecule has 4 rings (SSSR count). The molecule has 0 bridgehead atoms. The van der Waals surface area contributed by atoms with Crippen LogP contribution in [-0.4, -0.2) is 34.9 Å². The zero-order valence-electron chi connectivity index (χ0n) is 24.4. The van der Waals surface area contributed by atoms with Gasteiger partial charge in [-0.1, -0.05) is 47.6 Å². The molecule has 0 unspecified atom stereocenters. The minimum absolute atomic E-state index is 0.00394. The maximum absolute atomic E-state index is 13.4. The lowest BCUT2D eigenvalue weighted by Crippen LogP contribution is -2.47. The van der Waals surface area contributed by atoms with Crippen LogP contribution in [0.15, 0.2) is 42.5 Å². The molecule has 216 valence electrons. The lowest BCUT2D eigenvalue weighted by molar-refractivity contribution is -0.143. The number of fused-ring (bicyclic) bond motifs is 1. The highest BCUT2D eigenvalue weighted by Crippen LogP contribution is 2.43. The van der Waals surface area contributed by atoms with Crippen LogP contribution in [0, 0.1) is 11.7 Å². The quantitative estimate of drug-likeness (QED) is 0.243. The van der Waals surface area contributed by atoms with Gasteiger partial charge in [-0.15, -0.1) is 0 Å². The third-order valence-electron chi connectivity index (χ3n) is 8.69. The molecule has 1 aliphatic carbocycles. The fraction of sp³-hybridized carbons (Fsp3) is 0.516. The van der Waals surface area contributed by atoms with E-state index in [4.69, 9.17) is 9.41 Å². The van der Waals surface area contributed by atoms with Crippen LogP contribution in [0.1, 0.15) is 89.2 Å². The summed E-state index contributed by atoms with van der Waals surface area (Å²) >= 11 is 0. The first-order chi connectivity index (χ1) is 18.9. The summed E-state index contributed by atoms with van der Waals surface area (Å²) in [6.45, 7) is 14.1. The zero-order valence-corrected chi connectivity index (χ0v) is 25.4. The highest BCUT2D eigenvalue weighted by atomic mass is 28.4. The standard InChI is InChI=1S/C31H42FN3O4Si/c1-19(2)40(20(3)4,21(5)6)39-18-22-7-16-27-28(17-22)35(26-14-10-24(11-15-26)30(37)38)31(33-27)34-29(36)23-8-12-25(32)13-9-23/h7-9,12-13,16-17,19-21,24,26H,10-11,14-15,18H2,1-6H3,(H,37,38)(H,33,34,36). The number of aromatic nitrogens is 2. The van der Waals surface area contributed by atoms with Crippen LogP contribution in [0.25, 0.3) is 11.0 Å². The monoisotopic (exact) mass is 567 g/mol. The highest BCUT2D eigenvalue weighted by Gasteiger charge is 2.45. The number of anilines is 1. The van der Waals surface area contributed by atoms with Gasteiger partial charge < -0.3 is 14.1 Å². The molecule has 0 spiro atoms. The summed E-state index contributed by atoms with van der Waals surface area (Å²) in [6.07, 6.45) is 2.48. The Bertz CT molecular complexity index is 1320. The van der Waals surface area contributed by atoms with Gasteiger partial charge >= 0.3 is 5.97 Å². The molecule has 3 aromatic rings. The number of imidazole rings is 1. The summed E-state index contributed by atoms with van der Waals surface area (Å²) in [7, 11) is -2.06. The normalized spacial score (nSPS) is 18.1. The molecule has 1 saturated carbocycles. The number of carboxylic acids is 1. The molecule has 40 heavy (non-hydrogen) atoms.